The van der Waals surface area contributed by atoms with E-state index in [4.69, 9.17) is 4.74 Å². The molecule has 0 N–H and O–H groups in total. The van der Waals surface area contributed by atoms with E-state index >= 15 is 0 Å². The number of urea groups is 1. The van der Waals surface area contributed by atoms with Gasteiger partial charge in [0.15, 0.2) is 0 Å². The van der Waals surface area contributed by atoms with Crippen LogP contribution < -0.4 is 4.74 Å². The lowest BCUT2D eigenvalue weighted by molar-refractivity contribution is -0.136. The summed E-state index contributed by atoms with van der Waals surface area (Å²) in [5.41, 5.74) is 0.545. The normalized spacial score (nSPS) is 19.6. The van der Waals surface area contributed by atoms with Crippen molar-refractivity contribution in [2.24, 2.45) is 11.8 Å². The molecule has 3 amide bonds. The summed E-state index contributed by atoms with van der Waals surface area (Å²) in [5.74, 6) is 1.65. The maximum Gasteiger partial charge on any atom is 0.327 e. The van der Waals surface area contributed by atoms with Crippen LogP contribution in [0.5, 0.6) is 5.75 Å². The molecule has 166 valence electrons. The second kappa shape index (κ2) is 9.38. The third-order valence-electron chi connectivity index (χ3n) is 6.32. The SMILES string of the molecule is COc1cccc(CN2CCC3(CC2)C(=O)N(CC(C)C)C(=O)N3CCC(C)C)c1. The van der Waals surface area contributed by atoms with E-state index < -0.39 is 5.54 Å². The molecule has 1 aromatic rings. The molecule has 2 saturated heterocycles. The zero-order chi connectivity index (χ0) is 21.9. The van der Waals surface area contributed by atoms with E-state index in [0.29, 0.717) is 31.8 Å². The van der Waals surface area contributed by atoms with Crippen molar-refractivity contribution >= 4 is 11.9 Å². The molecule has 0 aliphatic carbocycles. The van der Waals surface area contributed by atoms with Crippen LogP contribution in [0.15, 0.2) is 24.3 Å². The van der Waals surface area contributed by atoms with Crippen LogP contribution in [0.3, 0.4) is 0 Å². The Bertz CT molecular complexity index is 754. The molecular formula is C24H37N3O3. The van der Waals surface area contributed by atoms with E-state index in [-0.39, 0.29) is 17.9 Å². The first-order valence-electron chi connectivity index (χ1n) is 11.3. The van der Waals surface area contributed by atoms with Crippen molar-refractivity contribution in [1.82, 2.24) is 14.7 Å². The number of piperidine rings is 1. The molecular weight excluding hydrogens is 378 g/mol. The third-order valence-corrected chi connectivity index (χ3v) is 6.32. The third kappa shape index (κ3) is 4.64. The van der Waals surface area contributed by atoms with Gasteiger partial charge < -0.3 is 9.64 Å². The Kier molecular flexibility index (Phi) is 7.06. The zero-order valence-electron chi connectivity index (χ0n) is 19.2. The van der Waals surface area contributed by atoms with Crippen molar-refractivity contribution in [2.75, 3.05) is 33.3 Å². The summed E-state index contributed by atoms with van der Waals surface area (Å²) in [5, 5.41) is 0. The first-order chi connectivity index (χ1) is 14.3. The Morgan fingerprint density at radius 3 is 2.37 bits per heavy atom. The highest BCUT2D eigenvalue weighted by Crippen LogP contribution is 2.38. The number of rotatable bonds is 8. The van der Waals surface area contributed by atoms with Gasteiger partial charge in [-0.1, -0.05) is 39.8 Å². The predicted octanol–water partition coefficient (Wildman–Crippen LogP) is 4.00. The highest BCUT2D eigenvalue weighted by molar-refractivity contribution is 6.07. The minimum Gasteiger partial charge on any atom is -0.497 e. The van der Waals surface area contributed by atoms with Gasteiger partial charge in [0.2, 0.25) is 0 Å². The lowest BCUT2D eigenvalue weighted by Crippen LogP contribution is -2.56. The number of nitrogens with zero attached hydrogens (tertiary/aromatic N) is 3. The number of imide groups is 1. The standard InChI is InChI=1S/C24H37N3O3/c1-18(2)9-12-27-23(29)26(16-19(3)4)22(28)24(27)10-13-25(14-11-24)17-20-7-6-8-21(15-20)30-5/h6-8,15,18-19H,9-14,16-17H2,1-5H3. The van der Waals surface area contributed by atoms with E-state index in [0.717, 1.165) is 31.8 Å². The summed E-state index contributed by atoms with van der Waals surface area (Å²) in [6.45, 7) is 12.1. The Hall–Kier alpha value is -2.08. The number of benzene rings is 1. The van der Waals surface area contributed by atoms with Gasteiger partial charge in [-0.25, -0.2) is 4.79 Å². The Balaban J connectivity index is 1.73. The van der Waals surface area contributed by atoms with Gasteiger partial charge in [-0.05, 0) is 48.8 Å². The maximum absolute atomic E-state index is 13.5. The molecule has 2 heterocycles. The molecule has 1 aromatic carbocycles. The smallest absolute Gasteiger partial charge is 0.327 e. The molecule has 0 aromatic heterocycles. The molecule has 0 saturated carbocycles. The molecule has 0 unspecified atom stereocenters. The molecule has 0 atom stereocenters. The van der Waals surface area contributed by atoms with Gasteiger partial charge in [0.1, 0.15) is 11.3 Å². The predicted molar refractivity (Wildman–Crippen MR) is 118 cm³/mol. The second-order valence-corrected chi connectivity index (χ2v) is 9.59. The van der Waals surface area contributed by atoms with Crippen molar-refractivity contribution < 1.29 is 14.3 Å². The summed E-state index contributed by atoms with van der Waals surface area (Å²) in [7, 11) is 1.68. The largest absolute Gasteiger partial charge is 0.497 e. The van der Waals surface area contributed by atoms with Gasteiger partial charge in [0.25, 0.3) is 5.91 Å². The van der Waals surface area contributed by atoms with Gasteiger partial charge in [-0.2, -0.15) is 0 Å². The van der Waals surface area contributed by atoms with Crippen LogP contribution >= 0.6 is 0 Å². The summed E-state index contributed by atoms with van der Waals surface area (Å²) >= 11 is 0. The molecule has 6 nitrogen and oxygen atoms in total. The quantitative estimate of drug-likeness (QED) is 0.603. The highest BCUT2D eigenvalue weighted by Gasteiger charge is 2.57. The molecule has 3 rings (SSSR count). The molecule has 6 heteroatoms. The molecule has 1 spiro atoms. The Morgan fingerprint density at radius 1 is 1.07 bits per heavy atom. The second-order valence-electron chi connectivity index (χ2n) is 9.59. The number of hydrogen-bond acceptors (Lipinski definition) is 4. The van der Waals surface area contributed by atoms with Crippen molar-refractivity contribution in [2.45, 2.75) is 59.0 Å². The number of hydrogen-bond donors (Lipinski definition) is 0. The summed E-state index contributed by atoms with van der Waals surface area (Å²) in [4.78, 5) is 32.4. The average molecular weight is 416 g/mol. The first kappa shape index (κ1) is 22.6. The fourth-order valence-corrected chi connectivity index (χ4v) is 4.60. The van der Waals surface area contributed by atoms with Crippen LogP contribution in [0.2, 0.25) is 0 Å². The fourth-order valence-electron chi connectivity index (χ4n) is 4.60. The Labute approximate surface area is 181 Å². The van der Waals surface area contributed by atoms with Crippen LogP contribution in [0, 0.1) is 11.8 Å². The summed E-state index contributed by atoms with van der Waals surface area (Å²) in [6, 6.07) is 8.05. The number of ether oxygens (including phenoxy) is 1. The lowest BCUT2D eigenvalue weighted by Gasteiger charge is -2.42. The molecule has 0 bridgehead atoms. The summed E-state index contributed by atoms with van der Waals surface area (Å²) in [6.07, 6.45) is 2.33. The van der Waals surface area contributed by atoms with Crippen molar-refractivity contribution in [3.8, 4) is 5.75 Å². The van der Waals surface area contributed by atoms with E-state index in [9.17, 15) is 9.59 Å². The number of carbonyl (C=O) groups is 2. The average Bonchev–Trinajstić information content (AvgIpc) is 2.89. The van der Waals surface area contributed by atoms with Crippen molar-refractivity contribution in [3.63, 3.8) is 0 Å². The maximum atomic E-state index is 13.5. The van der Waals surface area contributed by atoms with Gasteiger partial charge in [0, 0.05) is 32.7 Å². The first-order valence-corrected chi connectivity index (χ1v) is 11.3. The minimum atomic E-state index is -0.661. The molecule has 2 aliphatic heterocycles. The number of amides is 3. The van der Waals surface area contributed by atoms with Crippen LogP contribution in [0.1, 0.15) is 52.5 Å². The van der Waals surface area contributed by atoms with Crippen LogP contribution in [-0.2, 0) is 11.3 Å². The van der Waals surface area contributed by atoms with E-state index in [1.807, 2.05) is 17.0 Å². The fraction of sp³-hybridized carbons (Fsp3) is 0.667. The minimum absolute atomic E-state index is 0.0194. The highest BCUT2D eigenvalue weighted by atomic mass is 16.5. The van der Waals surface area contributed by atoms with E-state index in [1.54, 1.807) is 7.11 Å². The van der Waals surface area contributed by atoms with Gasteiger partial charge in [-0.15, -0.1) is 0 Å². The van der Waals surface area contributed by atoms with Crippen LogP contribution in [0.4, 0.5) is 4.79 Å². The van der Waals surface area contributed by atoms with Gasteiger partial charge in [0.05, 0.1) is 7.11 Å². The van der Waals surface area contributed by atoms with Gasteiger partial charge >= 0.3 is 6.03 Å². The Morgan fingerprint density at radius 2 is 1.77 bits per heavy atom. The van der Waals surface area contributed by atoms with E-state index in [2.05, 4.69) is 44.7 Å². The zero-order valence-corrected chi connectivity index (χ0v) is 19.2. The monoisotopic (exact) mass is 415 g/mol. The van der Waals surface area contributed by atoms with E-state index in [1.165, 1.54) is 10.5 Å². The van der Waals surface area contributed by atoms with Crippen molar-refractivity contribution in [1.29, 1.82) is 0 Å². The number of carbonyl (C=O) groups excluding carboxylic acids is 2. The summed E-state index contributed by atoms with van der Waals surface area (Å²) < 4.78 is 5.34. The number of likely N-dealkylation sites (tertiary alicyclic amines) is 1. The molecule has 0 radical (unpaired) electrons. The van der Waals surface area contributed by atoms with Crippen LogP contribution in [0.25, 0.3) is 0 Å². The molecule has 2 aliphatic rings. The lowest BCUT2D eigenvalue weighted by atomic mass is 9.85. The molecule has 30 heavy (non-hydrogen) atoms. The topological polar surface area (TPSA) is 53.1 Å². The number of methoxy groups -OCH3 is 1. The van der Waals surface area contributed by atoms with Crippen molar-refractivity contribution in [3.05, 3.63) is 29.8 Å². The van der Waals surface area contributed by atoms with Gasteiger partial charge in [-0.3, -0.25) is 14.6 Å². The van der Waals surface area contributed by atoms with Crippen LogP contribution in [-0.4, -0.2) is 65.5 Å². The molecule has 2 fully saturated rings.